The third kappa shape index (κ3) is 1.67. The Labute approximate surface area is 98.5 Å². The number of aromatic nitrogens is 3. The molecule has 0 unspecified atom stereocenters. The SMILES string of the molecule is C[C@H]1COC[C@H]1c1ncc2cc(C#N)[nH]c2n1. The van der Waals surface area contributed by atoms with Crippen LogP contribution in [-0.4, -0.2) is 28.2 Å². The van der Waals surface area contributed by atoms with E-state index in [1.54, 1.807) is 12.3 Å². The Hall–Kier alpha value is -1.93. The van der Waals surface area contributed by atoms with E-state index in [0.29, 0.717) is 18.2 Å². The zero-order valence-corrected chi connectivity index (χ0v) is 9.47. The zero-order valence-electron chi connectivity index (χ0n) is 9.47. The van der Waals surface area contributed by atoms with Crippen molar-refractivity contribution in [2.75, 3.05) is 13.2 Å². The number of rotatable bonds is 1. The summed E-state index contributed by atoms with van der Waals surface area (Å²) in [5.41, 5.74) is 1.24. The number of hydrogen-bond donors (Lipinski definition) is 1. The monoisotopic (exact) mass is 228 g/mol. The summed E-state index contributed by atoms with van der Waals surface area (Å²) in [7, 11) is 0. The van der Waals surface area contributed by atoms with Crippen molar-refractivity contribution in [3.63, 3.8) is 0 Å². The average molecular weight is 228 g/mol. The minimum Gasteiger partial charge on any atom is -0.380 e. The predicted molar refractivity (Wildman–Crippen MR) is 61.3 cm³/mol. The molecule has 1 aliphatic rings. The van der Waals surface area contributed by atoms with E-state index in [-0.39, 0.29) is 5.92 Å². The van der Waals surface area contributed by atoms with Gasteiger partial charge in [0, 0.05) is 24.1 Å². The average Bonchev–Trinajstić information content (AvgIpc) is 2.93. The largest absolute Gasteiger partial charge is 0.380 e. The fourth-order valence-corrected chi connectivity index (χ4v) is 2.16. The van der Waals surface area contributed by atoms with Gasteiger partial charge in [-0.05, 0) is 12.0 Å². The van der Waals surface area contributed by atoms with Gasteiger partial charge in [-0.3, -0.25) is 0 Å². The lowest BCUT2D eigenvalue weighted by atomic mass is 9.97. The predicted octanol–water partition coefficient (Wildman–Crippen LogP) is 1.58. The lowest BCUT2D eigenvalue weighted by Gasteiger charge is -2.10. The number of hydrogen-bond acceptors (Lipinski definition) is 4. The molecule has 1 fully saturated rings. The normalized spacial score (nSPS) is 24.0. The van der Waals surface area contributed by atoms with Crippen LogP contribution in [0.4, 0.5) is 0 Å². The fourth-order valence-electron chi connectivity index (χ4n) is 2.16. The third-order valence-corrected chi connectivity index (χ3v) is 3.21. The Morgan fingerprint density at radius 1 is 1.53 bits per heavy atom. The highest BCUT2D eigenvalue weighted by molar-refractivity contribution is 5.76. The smallest absolute Gasteiger partial charge is 0.142 e. The second kappa shape index (κ2) is 3.82. The van der Waals surface area contributed by atoms with Gasteiger partial charge >= 0.3 is 0 Å². The van der Waals surface area contributed by atoms with Crippen LogP contribution in [0.25, 0.3) is 11.0 Å². The molecule has 3 rings (SSSR count). The van der Waals surface area contributed by atoms with Gasteiger partial charge in [0.05, 0.1) is 6.61 Å². The Kier molecular flexibility index (Phi) is 2.30. The Bertz CT molecular complexity index is 598. The molecule has 0 bridgehead atoms. The van der Waals surface area contributed by atoms with Gasteiger partial charge in [0.1, 0.15) is 23.2 Å². The lowest BCUT2D eigenvalue weighted by Crippen LogP contribution is -2.10. The van der Waals surface area contributed by atoms with Crippen molar-refractivity contribution in [3.05, 3.63) is 23.8 Å². The number of H-pyrrole nitrogens is 1. The number of fused-ring (bicyclic) bond motifs is 1. The van der Waals surface area contributed by atoms with Crippen LogP contribution in [0, 0.1) is 17.2 Å². The summed E-state index contributed by atoms with van der Waals surface area (Å²) in [5, 5.41) is 9.68. The maximum Gasteiger partial charge on any atom is 0.142 e. The van der Waals surface area contributed by atoms with Crippen LogP contribution in [0.5, 0.6) is 0 Å². The molecule has 3 heterocycles. The van der Waals surface area contributed by atoms with E-state index in [1.165, 1.54) is 0 Å². The highest BCUT2D eigenvalue weighted by atomic mass is 16.5. The van der Waals surface area contributed by atoms with Gasteiger partial charge in [-0.15, -0.1) is 0 Å². The highest BCUT2D eigenvalue weighted by Crippen LogP contribution is 2.28. The molecule has 0 spiro atoms. The van der Waals surface area contributed by atoms with Gasteiger partial charge < -0.3 is 9.72 Å². The maximum absolute atomic E-state index is 8.81. The van der Waals surface area contributed by atoms with E-state index in [0.717, 1.165) is 23.5 Å². The molecular formula is C12H12N4O. The van der Waals surface area contributed by atoms with E-state index in [1.807, 2.05) is 0 Å². The number of ether oxygens (including phenoxy) is 1. The maximum atomic E-state index is 8.81. The molecule has 0 saturated carbocycles. The molecule has 0 aromatic carbocycles. The minimum absolute atomic E-state index is 0.258. The van der Waals surface area contributed by atoms with Crippen molar-refractivity contribution < 1.29 is 4.74 Å². The van der Waals surface area contributed by atoms with E-state index >= 15 is 0 Å². The summed E-state index contributed by atoms with van der Waals surface area (Å²) in [4.78, 5) is 11.8. The molecule has 5 heteroatoms. The summed E-state index contributed by atoms with van der Waals surface area (Å²) < 4.78 is 5.42. The summed E-state index contributed by atoms with van der Waals surface area (Å²) in [5.74, 6) is 1.50. The second-order valence-corrected chi connectivity index (χ2v) is 4.45. The molecule has 17 heavy (non-hydrogen) atoms. The van der Waals surface area contributed by atoms with Gasteiger partial charge in [-0.1, -0.05) is 6.92 Å². The molecule has 0 aliphatic carbocycles. The molecule has 1 saturated heterocycles. The summed E-state index contributed by atoms with van der Waals surface area (Å²) in [6, 6.07) is 3.82. The molecule has 2 aromatic heterocycles. The summed E-state index contributed by atoms with van der Waals surface area (Å²) >= 11 is 0. The first-order valence-corrected chi connectivity index (χ1v) is 5.61. The Morgan fingerprint density at radius 2 is 2.41 bits per heavy atom. The van der Waals surface area contributed by atoms with Crippen LogP contribution in [0.2, 0.25) is 0 Å². The first kappa shape index (κ1) is 10.2. The molecule has 0 radical (unpaired) electrons. The van der Waals surface area contributed by atoms with Crippen LogP contribution >= 0.6 is 0 Å². The van der Waals surface area contributed by atoms with E-state index in [4.69, 9.17) is 10.00 Å². The van der Waals surface area contributed by atoms with Crippen molar-refractivity contribution in [2.24, 2.45) is 5.92 Å². The van der Waals surface area contributed by atoms with Gasteiger partial charge in [-0.25, -0.2) is 9.97 Å². The quantitative estimate of drug-likeness (QED) is 0.804. The highest BCUT2D eigenvalue weighted by Gasteiger charge is 2.28. The first-order chi connectivity index (χ1) is 8.28. The second-order valence-electron chi connectivity index (χ2n) is 4.45. The zero-order chi connectivity index (χ0) is 11.8. The van der Waals surface area contributed by atoms with E-state index in [2.05, 4.69) is 27.9 Å². The Morgan fingerprint density at radius 3 is 3.12 bits per heavy atom. The summed E-state index contributed by atoms with van der Waals surface area (Å²) in [6.45, 7) is 3.58. The van der Waals surface area contributed by atoms with E-state index < -0.39 is 0 Å². The number of nitriles is 1. The number of aromatic amines is 1. The van der Waals surface area contributed by atoms with Crippen molar-refractivity contribution in [2.45, 2.75) is 12.8 Å². The standard InChI is InChI=1S/C12H12N4O/c1-7-5-17-6-10(7)12-14-4-8-2-9(3-13)15-11(8)16-12/h2,4,7,10H,5-6H2,1H3,(H,14,15,16)/t7-,10+/m0/s1. The lowest BCUT2D eigenvalue weighted by molar-refractivity contribution is 0.186. The van der Waals surface area contributed by atoms with Crippen LogP contribution in [-0.2, 0) is 4.74 Å². The van der Waals surface area contributed by atoms with Crippen LogP contribution in [0.1, 0.15) is 24.4 Å². The minimum atomic E-state index is 0.258. The molecule has 5 nitrogen and oxygen atoms in total. The fraction of sp³-hybridized carbons (Fsp3) is 0.417. The molecule has 86 valence electrons. The van der Waals surface area contributed by atoms with Gasteiger partial charge in [0.25, 0.3) is 0 Å². The van der Waals surface area contributed by atoms with Crippen LogP contribution in [0.15, 0.2) is 12.3 Å². The van der Waals surface area contributed by atoms with Crippen molar-refractivity contribution in [1.29, 1.82) is 5.26 Å². The first-order valence-electron chi connectivity index (χ1n) is 5.61. The van der Waals surface area contributed by atoms with E-state index in [9.17, 15) is 0 Å². The topological polar surface area (TPSA) is 74.6 Å². The Balaban J connectivity index is 2.04. The van der Waals surface area contributed by atoms with Crippen molar-refractivity contribution >= 4 is 11.0 Å². The van der Waals surface area contributed by atoms with Gasteiger partial charge in [-0.2, -0.15) is 5.26 Å². The van der Waals surface area contributed by atoms with Gasteiger partial charge in [0.15, 0.2) is 0 Å². The molecule has 2 atom stereocenters. The van der Waals surface area contributed by atoms with Gasteiger partial charge in [0.2, 0.25) is 0 Å². The molecular weight excluding hydrogens is 216 g/mol. The molecule has 1 N–H and O–H groups in total. The van der Waals surface area contributed by atoms with Crippen LogP contribution < -0.4 is 0 Å². The summed E-state index contributed by atoms with van der Waals surface area (Å²) in [6.07, 6.45) is 1.76. The molecule has 2 aromatic rings. The van der Waals surface area contributed by atoms with Crippen LogP contribution in [0.3, 0.4) is 0 Å². The molecule has 1 aliphatic heterocycles. The third-order valence-electron chi connectivity index (χ3n) is 3.21. The van der Waals surface area contributed by atoms with Crippen molar-refractivity contribution in [3.8, 4) is 6.07 Å². The van der Waals surface area contributed by atoms with Crippen molar-refractivity contribution in [1.82, 2.24) is 15.0 Å². The number of nitrogens with one attached hydrogen (secondary N) is 1. The number of nitrogens with zero attached hydrogens (tertiary/aromatic N) is 3. The molecule has 0 amide bonds.